The fourth-order valence-electron chi connectivity index (χ4n) is 8.88. The molecule has 4 heterocycles. The van der Waals surface area contributed by atoms with E-state index in [1.165, 1.54) is 16.2 Å². The summed E-state index contributed by atoms with van der Waals surface area (Å²) in [5.74, 6) is -1.85. The number of carbonyl (C=O) groups excluding carboxylic acids is 4. The van der Waals surface area contributed by atoms with E-state index in [4.69, 9.17) is 19.4 Å². The van der Waals surface area contributed by atoms with E-state index in [0.717, 1.165) is 40.2 Å². The van der Waals surface area contributed by atoms with Crippen LogP contribution < -0.4 is 14.8 Å². The van der Waals surface area contributed by atoms with Crippen LogP contribution in [0.3, 0.4) is 0 Å². The summed E-state index contributed by atoms with van der Waals surface area (Å²) in [6.45, 7) is 10.9. The summed E-state index contributed by atoms with van der Waals surface area (Å²) in [4.78, 5) is 68.4. The Kier molecular flexibility index (Phi) is 12.1. The molecule has 3 amide bonds. The van der Waals surface area contributed by atoms with Crippen molar-refractivity contribution in [1.82, 2.24) is 29.5 Å². The maximum absolute atomic E-state index is 14.8. The van der Waals surface area contributed by atoms with Crippen LogP contribution >= 0.6 is 11.3 Å². The minimum absolute atomic E-state index is 0.0120. The average Bonchev–Trinajstić information content (AvgIpc) is 3.89. The number of carbonyl (C=O) groups is 4. The SMILES string of the molecule is CC(C)n1c(O[C@@H]2C[C@H]3C(=O)C[C@]4(C(=O)NS(=O)(=O)C5(C)CC5)C[C@H]4/C=C\CCCCC[C@H](NC(=O)OC(C)(C)C)C(=O)N3C2)nc2c(-c3nc(-c4ccccc4)cs3)cccc21. The number of imidazole rings is 1. The molecule has 0 bridgehead atoms. The Balaban J connectivity index is 1.12. The molecule has 2 aromatic carbocycles. The number of Topliss-reactive ketones (excluding diaryl/α,β-unsaturated/α-hetero) is 1. The molecule has 0 spiro atoms. The smallest absolute Gasteiger partial charge is 0.408 e. The first-order valence-electron chi connectivity index (χ1n) is 22.1. The third-order valence-corrected chi connectivity index (χ3v) is 15.9. The van der Waals surface area contributed by atoms with E-state index < -0.39 is 61.9 Å². The van der Waals surface area contributed by atoms with Gasteiger partial charge in [0.25, 0.3) is 6.01 Å². The highest BCUT2D eigenvalue weighted by molar-refractivity contribution is 7.91. The lowest BCUT2D eigenvalue weighted by Gasteiger charge is -2.30. The minimum atomic E-state index is -3.97. The molecule has 2 N–H and O–H groups in total. The van der Waals surface area contributed by atoms with Crippen molar-refractivity contribution < 1.29 is 37.1 Å². The first-order valence-corrected chi connectivity index (χ1v) is 24.5. The molecule has 16 heteroatoms. The molecule has 0 unspecified atom stereocenters. The van der Waals surface area contributed by atoms with Crippen molar-refractivity contribution in [2.75, 3.05) is 6.54 Å². The van der Waals surface area contributed by atoms with Gasteiger partial charge in [0.2, 0.25) is 21.8 Å². The lowest BCUT2D eigenvalue weighted by Crippen LogP contribution is -2.53. The highest BCUT2D eigenvalue weighted by Crippen LogP contribution is 2.57. The monoisotopic (exact) mass is 898 g/mol. The van der Waals surface area contributed by atoms with Gasteiger partial charge in [-0.25, -0.2) is 18.2 Å². The van der Waals surface area contributed by atoms with E-state index in [2.05, 4.69) is 10.0 Å². The Morgan fingerprint density at radius 3 is 2.48 bits per heavy atom. The van der Waals surface area contributed by atoms with E-state index >= 15 is 0 Å². The third kappa shape index (κ3) is 9.29. The number of hydrogen-bond acceptors (Lipinski definition) is 11. The molecule has 5 atom stereocenters. The van der Waals surface area contributed by atoms with Crippen LogP contribution in [0.15, 0.2) is 66.1 Å². The van der Waals surface area contributed by atoms with Gasteiger partial charge in [0, 0.05) is 35.4 Å². The molecule has 2 aliphatic heterocycles. The Morgan fingerprint density at radius 2 is 1.76 bits per heavy atom. The van der Waals surface area contributed by atoms with Crippen molar-refractivity contribution >= 4 is 56.1 Å². The zero-order valence-electron chi connectivity index (χ0n) is 36.9. The summed E-state index contributed by atoms with van der Waals surface area (Å²) >= 11 is 1.53. The number of allylic oxidation sites excluding steroid dienone is 2. The van der Waals surface area contributed by atoms with Gasteiger partial charge in [-0.15, -0.1) is 11.3 Å². The van der Waals surface area contributed by atoms with Gasteiger partial charge in [-0.2, -0.15) is 4.98 Å². The molecule has 4 aliphatic rings. The number of ketones is 1. The van der Waals surface area contributed by atoms with Gasteiger partial charge in [0.1, 0.15) is 28.3 Å². The summed E-state index contributed by atoms with van der Waals surface area (Å²) in [5, 5.41) is 5.63. The van der Waals surface area contributed by atoms with Gasteiger partial charge in [-0.05, 0) is 98.1 Å². The first-order chi connectivity index (χ1) is 29.9. The normalized spacial score (nSPS) is 25.7. The topological polar surface area (TPSA) is 179 Å². The number of nitrogens with zero attached hydrogens (tertiary/aromatic N) is 4. The van der Waals surface area contributed by atoms with Gasteiger partial charge < -0.3 is 19.7 Å². The number of fused-ring (bicyclic) bond motifs is 3. The lowest BCUT2D eigenvalue weighted by atomic mass is 9.91. The first kappa shape index (κ1) is 44.5. The largest absolute Gasteiger partial charge is 0.459 e. The predicted molar refractivity (Wildman–Crippen MR) is 241 cm³/mol. The minimum Gasteiger partial charge on any atom is -0.459 e. The number of amides is 3. The van der Waals surface area contributed by atoms with Crippen LogP contribution in [0.25, 0.3) is 32.9 Å². The number of hydrogen-bond donors (Lipinski definition) is 2. The highest BCUT2D eigenvalue weighted by atomic mass is 32.2. The van der Waals surface area contributed by atoms with Crippen LogP contribution in [-0.2, 0) is 29.1 Å². The number of sulfonamides is 1. The van der Waals surface area contributed by atoms with Gasteiger partial charge in [0.15, 0.2) is 5.78 Å². The van der Waals surface area contributed by atoms with Crippen LogP contribution in [0.5, 0.6) is 6.01 Å². The molecule has 0 radical (unpaired) electrons. The molecule has 336 valence electrons. The third-order valence-electron chi connectivity index (χ3n) is 12.8. The van der Waals surface area contributed by atoms with Gasteiger partial charge >= 0.3 is 6.09 Å². The molecule has 2 aromatic heterocycles. The van der Waals surface area contributed by atoms with E-state index in [9.17, 15) is 27.6 Å². The molecule has 4 aromatic rings. The zero-order valence-corrected chi connectivity index (χ0v) is 38.5. The van der Waals surface area contributed by atoms with Crippen molar-refractivity contribution in [2.24, 2.45) is 11.3 Å². The van der Waals surface area contributed by atoms with Crippen molar-refractivity contribution in [1.29, 1.82) is 0 Å². The van der Waals surface area contributed by atoms with Crippen LogP contribution in [-0.4, -0.2) is 86.6 Å². The maximum atomic E-state index is 14.8. The van der Waals surface area contributed by atoms with Crippen molar-refractivity contribution in [3.05, 3.63) is 66.1 Å². The fraction of sp³-hybridized carbons (Fsp3) is 0.532. The van der Waals surface area contributed by atoms with Crippen LogP contribution in [0.1, 0.15) is 112 Å². The van der Waals surface area contributed by atoms with Gasteiger partial charge in [-0.1, -0.05) is 61.4 Å². The number of para-hydroxylation sites is 1. The number of alkyl carbamates (subject to hydrolysis) is 1. The van der Waals surface area contributed by atoms with Crippen LogP contribution in [0.4, 0.5) is 4.79 Å². The summed E-state index contributed by atoms with van der Waals surface area (Å²) in [7, 11) is -3.97. The Bertz CT molecular complexity index is 2540. The zero-order chi connectivity index (χ0) is 44.9. The Hall–Kier alpha value is -5.09. The Morgan fingerprint density at radius 1 is 1.00 bits per heavy atom. The molecule has 1 saturated heterocycles. The summed E-state index contributed by atoms with van der Waals surface area (Å²) in [5.41, 5.74) is 2.17. The number of benzene rings is 2. The van der Waals surface area contributed by atoms with E-state index in [1.54, 1.807) is 27.7 Å². The van der Waals surface area contributed by atoms with E-state index in [1.807, 2.05) is 84.5 Å². The fourth-order valence-corrected chi connectivity index (χ4v) is 11.1. The van der Waals surface area contributed by atoms with Crippen LogP contribution in [0.2, 0.25) is 0 Å². The summed E-state index contributed by atoms with van der Waals surface area (Å²) in [6, 6.07) is 14.1. The van der Waals surface area contributed by atoms with Gasteiger partial charge in [-0.3, -0.25) is 23.7 Å². The van der Waals surface area contributed by atoms with Crippen LogP contribution in [0, 0.1) is 11.3 Å². The van der Waals surface area contributed by atoms with E-state index in [-0.39, 0.29) is 37.1 Å². The molecule has 2 saturated carbocycles. The highest BCUT2D eigenvalue weighted by Gasteiger charge is 2.62. The second-order valence-electron chi connectivity index (χ2n) is 19.2. The van der Waals surface area contributed by atoms with Crippen molar-refractivity contribution in [2.45, 2.75) is 140 Å². The lowest BCUT2D eigenvalue weighted by molar-refractivity contribution is -0.140. The summed E-state index contributed by atoms with van der Waals surface area (Å²) < 4.78 is 42.3. The van der Waals surface area contributed by atoms with Crippen molar-refractivity contribution in [3.8, 4) is 27.8 Å². The average molecular weight is 899 g/mol. The number of nitrogens with one attached hydrogen (secondary N) is 2. The Labute approximate surface area is 373 Å². The number of ether oxygens (including phenoxy) is 2. The molecule has 2 aliphatic carbocycles. The second-order valence-corrected chi connectivity index (χ2v) is 22.2. The number of thiazole rings is 1. The molecule has 63 heavy (non-hydrogen) atoms. The second kappa shape index (κ2) is 17.1. The number of aromatic nitrogens is 3. The van der Waals surface area contributed by atoms with Crippen molar-refractivity contribution in [3.63, 3.8) is 0 Å². The van der Waals surface area contributed by atoms with E-state index in [0.29, 0.717) is 50.1 Å². The molecule has 8 rings (SSSR count). The quantitative estimate of drug-likeness (QED) is 0.156. The standard InChI is InChI=1S/C47H58N6O8S2/c1-29(2)53-36-21-15-19-33(40-48-35(28-62-40)30-16-11-10-12-17-30)39(36)50-43(53)60-32-24-37-38(54)26-47(42(56)51-63(58,59)46(6)22-23-46)25-31(47)18-13-8-7-9-14-20-34(41(55)52(37)27-32)49-44(57)61-45(3,4)5/h10-13,15-19,21,28-29,31-32,34,37H,7-9,14,20,22-27H2,1-6H3,(H,49,57)(H,51,56)/b18-13-/t31-,32-,34+,37+,47-/m1/s1. The summed E-state index contributed by atoms with van der Waals surface area (Å²) in [6.07, 6.45) is 6.79. The molecular formula is C47H58N6O8S2. The molecular weight excluding hydrogens is 841 g/mol. The molecule has 3 fully saturated rings. The maximum Gasteiger partial charge on any atom is 0.408 e. The predicted octanol–water partition coefficient (Wildman–Crippen LogP) is 8.13. The van der Waals surface area contributed by atoms with Gasteiger partial charge in [0.05, 0.1) is 34.0 Å². The number of rotatable bonds is 9. The molecule has 14 nitrogen and oxygen atoms in total.